The van der Waals surface area contributed by atoms with E-state index in [-0.39, 0.29) is 12.2 Å². The third-order valence-electron chi connectivity index (χ3n) is 4.23. The van der Waals surface area contributed by atoms with Crippen molar-refractivity contribution in [1.29, 1.82) is 0 Å². The van der Waals surface area contributed by atoms with Gasteiger partial charge in [0.25, 0.3) is 5.56 Å². The molecule has 0 bridgehead atoms. The fourth-order valence-corrected chi connectivity index (χ4v) is 2.90. The largest absolute Gasteiger partial charge is 0.395 e. The molecule has 0 radical (unpaired) electrons. The lowest BCUT2D eigenvalue weighted by atomic mass is 10.0. The Morgan fingerprint density at radius 1 is 1.40 bits per heavy atom. The van der Waals surface area contributed by atoms with Crippen LogP contribution in [0.15, 0.2) is 23.0 Å². The minimum Gasteiger partial charge on any atom is -0.395 e. The zero-order valence-corrected chi connectivity index (χ0v) is 15.7. The van der Waals surface area contributed by atoms with Crippen LogP contribution in [0.25, 0.3) is 10.9 Å². The zero-order chi connectivity index (χ0) is 18.4. The molecule has 0 fully saturated rings. The summed E-state index contributed by atoms with van der Waals surface area (Å²) < 4.78 is 4.99. The Morgan fingerprint density at radius 3 is 2.84 bits per heavy atom. The molecule has 1 aromatic carbocycles. The Hall–Kier alpha value is -1.96. The van der Waals surface area contributed by atoms with Crippen LogP contribution >= 0.6 is 12.2 Å². The van der Waals surface area contributed by atoms with Crippen LogP contribution in [0.1, 0.15) is 16.7 Å². The van der Waals surface area contributed by atoms with Gasteiger partial charge in [0.05, 0.1) is 25.3 Å². The van der Waals surface area contributed by atoms with Crippen LogP contribution in [0.3, 0.4) is 0 Å². The van der Waals surface area contributed by atoms with Gasteiger partial charge in [-0.05, 0) is 48.6 Å². The number of nitrogens with zero attached hydrogens (tertiary/aromatic N) is 1. The van der Waals surface area contributed by atoms with E-state index in [1.54, 1.807) is 12.0 Å². The van der Waals surface area contributed by atoms with E-state index in [0.29, 0.717) is 36.9 Å². The fourth-order valence-electron chi connectivity index (χ4n) is 2.64. The van der Waals surface area contributed by atoms with Gasteiger partial charge in [-0.1, -0.05) is 12.1 Å². The van der Waals surface area contributed by atoms with Gasteiger partial charge in [0.2, 0.25) is 0 Å². The third-order valence-corrected chi connectivity index (χ3v) is 4.63. The molecule has 1 aromatic heterocycles. The Labute approximate surface area is 152 Å². The predicted octanol–water partition coefficient (Wildman–Crippen LogP) is 1.46. The van der Waals surface area contributed by atoms with Crippen molar-refractivity contribution in [2.45, 2.75) is 20.4 Å². The monoisotopic (exact) mass is 363 g/mol. The van der Waals surface area contributed by atoms with Gasteiger partial charge in [-0.25, -0.2) is 0 Å². The number of hydrogen-bond acceptors (Lipinski definition) is 4. The SMILES string of the molecule is COCCNC(=S)N(CCO)Cc1cc2ccc(C)c(C)c2[nH]c1=O. The molecule has 0 saturated carbocycles. The van der Waals surface area contributed by atoms with Gasteiger partial charge >= 0.3 is 0 Å². The molecule has 6 nitrogen and oxygen atoms in total. The van der Waals surface area contributed by atoms with Crippen molar-refractivity contribution in [3.8, 4) is 0 Å². The van der Waals surface area contributed by atoms with Crippen molar-refractivity contribution in [3.05, 3.63) is 45.2 Å². The minimum atomic E-state index is -0.135. The van der Waals surface area contributed by atoms with E-state index in [1.165, 1.54) is 0 Å². The quantitative estimate of drug-likeness (QED) is 0.511. The highest BCUT2D eigenvalue weighted by Gasteiger charge is 2.13. The van der Waals surface area contributed by atoms with E-state index in [1.807, 2.05) is 32.0 Å². The average Bonchev–Trinajstić information content (AvgIpc) is 2.59. The highest BCUT2D eigenvalue weighted by Crippen LogP contribution is 2.19. The van der Waals surface area contributed by atoms with Gasteiger partial charge < -0.3 is 25.0 Å². The summed E-state index contributed by atoms with van der Waals surface area (Å²) in [5, 5.41) is 13.9. The number of aliphatic hydroxyl groups excluding tert-OH is 1. The smallest absolute Gasteiger partial charge is 0.253 e. The second-order valence-electron chi connectivity index (χ2n) is 5.97. The van der Waals surface area contributed by atoms with Gasteiger partial charge in [0, 0.05) is 25.8 Å². The van der Waals surface area contributed by atoms with Gasteiger partial charge in [0.15, 0.2) is 5.11 Å². The molecule has 0 aliphatic carbocycles. The molecule has 0 spiro atoms. The molecule has 0 saturated heterocycles. The zero-order valence-electron chi connectivity index (χ0n) is 14.9. The fraction of sp³-hybridized carbons (Fsp3) is 0.444. The van der Waals surface area contributed by atoms with Crippen molar-refractivity contribution in [2.24, 2.45) is 0 Å². The number of H-pyrrole nitrogens is 1. The van der Waals surface area contributed by atoms with Crippen molar-refractivity contribution in [1.82, 2.24) is 15.2 Å². The summed E-state index contributed by atoms with van der Waals surface area (Å²) >= 11 is 5.37. The maximum Gasteiger partial charge on any atom is 0.253 e. The van der Waals surface area contributed by atoms with Crippen LogP contribution in [0.2, 0.25) is 0 Å². The number of aromatic amines is 1. The molecular formula is C18H25N3O3S. The van der Waals surface area contributed by atoms with Crippen LogP contribution in [0, 0.1) is 13.8 Å². The molecule has 0 atom stereocenters. The summed E-state index contributed by atoms with van der Waals surface area (Å²) in [6, 6.07) is 5.94. The first kappa shape index (κ1) is 19.4. The molecule has 3 N–H and O–H groups in total. The molecule has 2 rings (SSSR count). The summed E-state index contributed by atoms with van der Waals surface area (Å²) in [6.45, 7) is 5.76. The summed E-state index contributed by atoms with van der Waals surface area (Å²) in [4.78, 5) is 17.2. The maximum absolute atomic E-state index is 12.5. The first-order chi connectivity index (χ1) is 12.0. The number of aryl methyl sites for hydroxylation is 2. The summed E-state index contributed by atoms with van der Waals surface area (Å²) in [7, 11) is 1.62. The Morgan fingerprint density at radius 2 is 2.16 bits per heavy atom. The second-order valence-corrected chi connectivity index (χ2v) is 6.35. The number of nitrogens with one attached hydrogen (secondary N) is 2. The van der Waals surface area contributed by atoms with Gasteiger partial charge in [-0.2, -0.15) is 0 Å². The molecule has 136 valence electrons. The Balaban J connectivity index is 2.26. The molecular weight excluding hydrogens is 338 g/mol. The normalized spacial score (nSPS) is 10.9. The lowest BCUT2D eigenvalue weighted by Crippen LogP contribution is -2.42. The molecule has 1 heterocycles. The number of pyridine rings is 1. The number of fused-ring (bicyclic) bond motifs is 1. The number of hydrogen-bond donors (Lipinski definition) is 3. The molecule has 0 aliphatic rings. The van der Waals surface area contributed by atoms with Crippen LogP contribution in [0.4, 0.5) is 0 Å². The van der Waals surface area contributed by atoms with E-state index in [4.69, 9.17) is 17.0 Å². The lowest BCUT2D eigenvalue weighted by Gasteiger charge is -2.25. The van der Waals surface area contributed by atoms with Crippen LogP contribution in [0.5, 0.6) is 0 Å². The molecule has 0 unspecified atom stereocenters. The highest BCUT2D eigenvalue weighted by molar-refractivity contribution is 7.80. The average molecular weight is 363 g/mol. The number of methoxy groups -OCH3 is 1. The van der Waals surface area contributed by atoms with Crippen LogP contribution in [-0.4, -0.2) is 53.5 Å². The van der Waals surface area contributed by atoms with E-state index in [2.05, 4.69) is 10.3 Å². The van der Waals surface area contributed by atoms with Gasteiger partial charge in [-0.15, -0.1) is 0 Å². The Kier molecular flexibility index (Phi) is 6.92. The number of aliphatic hydroxyl groups is 1. The lowest BCUT2D eigenvalue weighted by molar-refractivity contribution is 0.201. The van der Waals surface area contributed by atoms with Crippen LogP contribution in [-0.2, 0) is 11.3 Å². The topological polar surface area (TPSA) is 77.6 Å². The Bertz CT molecular complexity index is 804. The van der Waals surface area contributed by atoms with Gasteiger partial charge in [0.1, 0.15) is 0 Å². The standard InChI is InChI=1S/C18H25N3O3S/c1-12-4-5-14-10-15(17(23)20-16(14)13(12)2)11-21(7-8-22)18(25)19-6-9-24-3/h4-5,10,22H,6-9,11H2,1-3H3,(H,19,25)(H,20,23). The second kappa shape index (κ2) is 8.94. The van der Waals surface area contributed by atoms with Crippen molar-refractivity contribution < 1.29 is 9.84 Å². The number of rotatable bonds is 7. The highest BCUT2D eigenvalue weighted by atomic mass is 32.1. The van der Waals surface area contributed by atoms with E-state index in [9.17, 15) is 9.90 Å². The summed E-state index contributed by atoms with van der Waals surface area (Å²) in [5.74, 6) is 0. The predicted molar refractivity (Wildman–Crippen MR) is 104 cm³/mol. The van der Waals surface area contributed by atoms with Crippen molar-refractivity contribution in [3.63, 3.8) is 0 Å². The number of aromatic nitrogens is 1. The summed E-state index contributed by atoms with van der Waals surface area (Å²) in [6.07, 6.45) is 0. The first-order valence-electron chi connectivity index (χ1n) is 8.22. The summed E-state index contributed by atoms with van der Waals surface area (Å²) in [5.41, 5.74) is 3.55. The van der Waals surface area contributed by atoms with E-state index < -0.39 is 0 Å². The minimum absolute atomic E-state index is 0.0457. The molecule has 2 aromatic rings. The van der Waals surface area contributed by atoms with E-state index in [0.717, 1.165) is 22.0 Å². The number of benzene rings is 1. The molecule has 0 aliphatic heterocycles. The van der Waals surface area contributed by atoms with Gasteiger partial charge in [-0.3, -0.25) is 4.79 Å². The molecule has 7 heteroatoms. The molecule has 25 heavy (non-hydrogen) atoms. The van der Waals surface area contributed by atoms with E-state index >= 15 is 0 Å². The third kappa shape index (κ3) is 4.78. The number of ether oxygens (including phenoxy) is 1. The van der Waals surface area contributed by atoms with Crippen molar-refractivity contribution >= 4 is 28.2 Å². The van der Waals surface area contributed by atoms with Crippen molar-refractivity contribution in [2.75, 3.05) is 33.4 Å². The van der Waals surface area contributed by atoms with Crippen LogP contribution < -0.4 is 10.9 Å². The maximum atomic E-state index is 12.5. The number of thiocarbonyl (C=S) groups is 1. The first-order valence-corrected chi connectivity index (χ1v) is 8.63. The molecule has 0 amide bonds.